The fraction of sp³-hybridized carbons (Fsp3) is 0. The predicted molar refractivity (Wildman–Crippen MR) is 5.54 cm³/mol. The molecule has 0 nitrogen and oxygen atoms in total. The van der Waals surface area contributed by atoms with Crippen LogP contribution in [0.1, 0.15) is 0 Å². The first-order valence-corrected chi connectivity index (χ1v) is 2.75. The molecule has 45 valence electrons. The normalized spacial score (nSPS) is 19.2. The van der Waals surface area contributed by atoms with Gasteiger partial charge >= 0.3 is 31.8 Å². The summed E-state index contributed by atoms with van der Waals surface area (Å²) in [5.41, 5.74) is 0. The summed E-state index contributed by atoms with van der Waals surface area (Å²) in [7, 11) is 0. The van der Waals surface area contributed by atoms with Crippen LogP contribution in [0.15, 0.2) is 0 Å². The molecule has 6 heavy (non-hydrogen) atoms. The summed E-state index contributed by atoms with van der Waals surface area (Å²) in [6, 6.07) is 0. The zero-order valence-electron chi connectivity index (χ0n) is 2.24. The standard InChI is InChI=1S/5FH.Fe/h5*1H;/q;;;;;+3/p-5. The molecule has 0 aromatic carbocycles. The molecule has 0 aliphatic heterocycles. The van der Waals surface area contributed by atoms with Gasteiger partial charge < -0.3 is 0 Å². The maximum atomic E-state index is 9.85. The van der Waals surface area contributed by atoms with E-state index in [4.69, 9.17) is 0 Å². The van der Waals surface area contributed by atoms with Crippen molar-refractivity contribution in [2.75, 3.05) is 0 Å². The van der Waals surface area contributed by atoms with Crippen LogP contribution in [0.4, 0.5) is 17.8 Å². The van der Waals surface area contributed by atoms with E-state index < -0.39 is 14.1 Å². The molecule has 0 atom stereocenters. The Morgan fingerprint density at radius 1 is 0.667 bits per heavy atom. The van der Waals surface area contributed by atoms with Crippen molar-refractivity contribution in [2.24, 2.45) is 0 Å². The van der Waals surface area contributed by atoms with Crippen molar-refractivity contribution in [3.8, 4) is 0 Å². The Bertz CT molecular complexity index is 37.1. The SMILES string of the molecule is [F][Fe-2]([F])([F])([F])[F]. The molecule has 0 aromatic rings. The Balaban J connectivity index is 3.73. The molecule has 0 unspecified atom stereocenters. The van der Waals surface area contributed by atoms with E-state index in [1.807, 2.05) is 0 Å². The first kappa shape index (κ1) is 6.17. The second-order valence-electron chi connectivity index (χ2n) is 0.505. The monoisotopic (exact) mass is 151 g/mol. The van der Waals surface area contributed by atoms with Crippen molar-refractivity contribution < 1.29 is 31.8 Å². The topological polar surface area (TPSA) is 0 Å². The molecule has 0 N–H and O–H groups in total. The zero-order chi connectivity index (χ0) is 5.45. The van der Waals surface area contributed by atoms with Gasteiger partial charge in [-0.3, -0.25) is 0 Å². The van der Waals surface area contributed by atoms with Crippen LogP contribution in [0.2, 0.25) is 0 Å². The van der Waals surface area contributed by atoms with Gasteiger partial charge in [0.1, 0.15) is 0 Å². The van der Waals surface area contributed by atoms with E-state index in [0.29, 0.717) is 0 Å². The van der Waals surface area contributed by atoms with Gasteiger partial charge in [-0.15, -0.1) is 0 Å². The van der Waals surface area contributed by atoms with E-state index in [2.05, 4.69) is 0 Å². The number of rotatable bonds is 0. The quantitative estimate of drug-likeness (QED) is 0.367. The molecular weight excluding hydrogens is 151 g/mol. The van der Waals surface area contributed by atoms with Crippen molar-refractivity contribution in [3.63, 3.8) is 0 Å². The first-order valence-electron chi connectivity index (χ1n) is 0.668. The van der Waals surface area contributed by atoms with Gasteiger partial charge in [-0.2, -0.15) is 0 Å². The van der Waals surface area contributed by atoms with Crippen molar-refractivity contribution in [3.05, 3.63) is 0 Å². The van der Waals surface area contributed by atoms with Crippen LogP contribution in [0.5, 0.6) is 0 Å². The first-order chi connectivity index (χ1) is 2.24. The van der Waals surface area contributed by atoms with E-state index in [1.54, 1.807) is 0 Å². The number of halogens is 5. The Labute approximate surface area is 32.8 Å². The summed E-state index contributed by atoms with van der Waals surface area (Å²) in [4.78, 5) is 0. The Morgan fingerprint density at radius 3 is 0.667 bits per heavy atom. The molecule has 0 spiro atoms. The summed E-state index contributed by atoms with van der Waals surface area (Å²) in [5, 5.41) is 0. The molecule has 0 aromatic heterocycles. The molecule has 0 fully saturated rings. The van der Waals surface area contributed by atoms with Crippen LogP contribution in [-0.2, 0) is 14.1 Å². The van der Waals surface area contributed by atoms with Gasteiger partial charge in [0.2, 0.25) is 0 Å². The number of hydrogen-bond acceptors (Lipinski definition) is 0. The summed E-state index contributed by atoms with van der Waals surface area (Å²) < 4.78 is 49.2. The molecular formula is F5Fe-2. The minimum atomic E-state index is -8.65. The van der Waals surface area contributed by atoms with Crippen LogP contribution in [0, 0.1) is 0 Å². The van der Waals surface area contributed by atoms with Gasteiger partial charge in [-0.1, -0.05) is 0 Å². The molecule has 0 bridgehead atoms. The van der Waals surface area contributed by atoms with Crippen LogP contribution in [0.25, 0.3) is 0 Å². The summed E-state index contributed by atoms with van der Waals surface area (Å²) in [6.45, 7) is 0. The summed E-state index contributed by atoms with van der Waals surface area (Å²) in [5.74, 6) is 0. The summed E-state index contributed by atoms with van der Waals surface area (Å²) >= 11 is -8.65. The van der Waals surface area contributed by atoms with E-state index in [-0.39, 0.29) is 0 Å². The molecule has 0 saturated heterocycles. The fourth-order valence-corrected chi connectivity index (χ4v) is 0. The molecule has 0 aliphatic carbocycles. The predicted octanol–water partition coefficient (Wildman–Crippen LogP) is 2.10. The van der Waals surface area contributed by atoms with Crippen molar-refractivity contribution >= 4 is 0 Å². The van der Waals surface area contributed by atoms with E-state index >= 15 is 0 Å². The van der Waals surface area contributed by atoms with E-state index in [0.717, 1.165) is 0 Å². The van der Waals surface area contributed by atoms with E-state index in [9.17, 15) is 17.8 Å². The summed E-state index contributed by atoms with van der Waals surface area (Å²) in [6.07, 6.45) is 0. The average molecular weight is 151 g/mol. The van der Waals surface area contributed by atoms with Crippen molar-refractivity contribution in [1.29, 1.82) is 0 Å². The number of hydrogen-bond donors (Lipinski definition) is 0. The van der Waals surface area contributed by atoms with Crippen molar-refractivity contribution in [1.82, 2.24) is 0 Å². The molecule has 0 aliphatic rings. The zero-order valence-corrected chi connectivity index (χ0v) is 3.35. The van der Waals surface area contributed by atoms with Gasteiger partial charge in [0.25, 0.3) is 0 Å². The van der Waals surface area contributed by atoms with Crippen LogP contribution in [0.3, 0.4) is 0 Å². The third kappa shape index (κ3) is 1460. The van der Waals surface area contributed by atoms with Gasteiger partial charge in [0.15, 0.2) is 0 Å². The van der Waals surface area contributed by atoms with Crippen LogP contribution in [-0.4, -0.2) is 0 Å². The van der Waals surface area contributed by atoms with Gasteiger partial charge in [0.05, 0.1) is 0 Å². The van der Waals surface area contributed by atoms with E-state index in [1.165, 1.54) is 0 Å². The molecule has 6 heteroatoms. The third-order valence-corrected chi connectivity index (χ3v) is 0. The molecule has 0 saturated carbocycles. The van der Waals surface area contributed by atoms with Crippen molar-refractivity contribution in [2.45, 2.75) is 0 Å². The Kier molecular flexibility index (Phi) is 0.894. The second kappa shape index (κ2) is 0.869. The second-order valence-corrected chi connectivity index (χ2v) is 2.08. The Hall–Kier alpha value is 0.169. The molecule has 0 amide bonds. The van der Waals surface area contributed by atoms with Gasteiger partial charge in [-0.25, -0.2) is 0 Å². The Morgan fingerprint density at radius 2 is 0.667 bits per heavy atom. The fourth-order valence-electron chi connectivity index (χ4n) is 0. The molecule has 0 radical (unpaired) electrons. The molecule has 0 heterocycles. The van der Waals surface area contributed by atoms with Crippen LogP contribution >= 0.6 is 0 Å². The van der Waals surface area contributed by atoms with Crippen LogP contribution < -0.4 is 0 Å². The van der Waals surface area contributed by atoms with Gasteiger partial charge in [0, 0.05) is 0 Å². The molecule has 0 rings (SSSR count). The average Bonchev–Trinajstić information content (AvgIpc) is 0.650. The van der Waals surface area contributed by atoms with Gasteiger partial charge in [-0.05, 0) is 0 Å². The minimum absolute atomic E-state index is 8.65. The maximum absolute atomic E-state index is 9.85. The third-order valence-electron chi connectivity index (χ3n) is 0.